The molecule has 1 fully saturated rings. The summed E-state index contributed by atoms with van der Waals surface area (Å²) in [7, 11) is 2.03. The van der Waals surface area contributed by atoms with Crippen molar-refractivity contribution in [3.63, 3.8) is 0 Å². The number of halogens is 1. The zero-order chi connectivity index (χ0) is 22.3. The Hall–Kier alpha value is -2.83. The van der Waals surface area contributed by atoms with Gasteiger partial charge in [0, 0.05) is 56.1 Å². The normalized spacial score (nSPS) is 16.0. The standard InChI is InChI=1S/C25H28ClN5O/c1-30(18-20-6-3-10-27-15-20)12-9-25(32)31-11-4-8-24(31)23-17-28-16-22(29-23)14-19-5-2-7-21(26)13-19/h2-3,5-7,10,13,15-17,24H,4,8-9,11-12,14,18H2,1H3/t24-/m1/s1. The molecule has 0 saturated carbocycles. The number of aromatic nitrogens is 3. The molecule has 3 aromatic rings. The maximum atomic E-state index is 13.0. The van der Waals surface area contributed by atoms with Crippen LogP contribution < -0.4 is 0 Å². The highest BCUT2D eigenvalue weighted by Crippen LogP contribution is 2.31. The second-order valence-corrected chi connectivity index (χ2v) is 8.77. The van der Waals surface area contributed by atoms with E-state index in [0.717, 1.165) is 48.4 Å². The Bertz CT molecular complexity index is 1050. The number of hydrogen-bond donors (Lipinski definition) is 0. The second kappa shape index (κ2) is 10.7. The summed E-state index contributed by atoms with van der Waals surface area (Å²) in [5.41, 5.74) is 4.01. The number of nitrogens with zero attached hydrogens (tertiary/aromatic N) is 5. The van der Waals surface area contributed by atoms with Gasteiger partial charge in [0.1, 0.15) is 0 Å². The minimum absolute atomic E-state index is 0.00191. The van der Waals surface area contributed by atoms with Crippen LogP contribution in [0.5, 0.6) is 0 Å². The van der Waals surface area contributed by atoms with Gasteiger partial charge in [0.15, 0.2) is 0 Å². The Kier molecular flexibility index (Phi) is 7.45. The lowest BCUT2D eigenvalue weighted by molar-refractivity contribution is -0.132. The summed E-state index contributed by atoms with van der Waals surface area (Å²) in [6.45, 7) is 2.26. The molecule has 0 N–H and O–H groups in total. The van der Waals surface area contributed by atoms with E-state index >= 15 is 0 Å². The molecule has 0 aliphatic carbocycles. The molecule has 32 heavy (non-hydrogen) atoms. The lowest BCUT2D eigenvalue weighted by Crippen LogP contribution is -2.33. The van der Waals surface area contributed by atoms with Crippen LogP contribution in [-0.2, 0) is 17.8 Å². The van der Waals surface area contributed by atoms with Gasteiger partial charge in [-0.3, -0.25) is 19.7 Å². The SMILES string of the molecule is CN(CCC(=O)N1CCC[C@@H]1c1cncc(Cc2cccc(Cl)c2)n1)Cc1cccnc1. The molecule has 2 aromatic heterocycles. The summed E-state index contributed by atoms with van der Waals surface area (Å²) in [5, 5.41) is 0.715. The molecule has 3 heterocycles. The molecule has 6 nitrogen and oxygen atoms in total. The molecular weight excluding hydrogens is 422 g/mol. The van der Waals surface area contributed by atoms with Gasteiger partial charge in [0.25, 0.3) is 0 Å². The van der Waals surface area contributed by atoms with Crippen LogP contribution in [0.4, 0.5) is 0 Å². The van der Waals surface area contributed by atoms with Crippen molar-refractivity contribution in [3.05, 3.63) is 88.7 Å². The Morgan fingerprint density at radius 3 is 2.84 bits per heavy atom. The number of amides is 1. The van der Waals surface area contributed by atoms with Gasteiger partial charge in [0.2, 0.25) is 5.91 Å². The molecule has 1 aliphatic rings. The smallest absolute Gasteiger partial charge is 0.224 e. The molecule has 1 amide bonds. The largest absolute Gasteiger partial charge is 0.334 e. The predicted octanol–water partition coefficient (Wildman–Crippen LogP) is 4.30. The molecule has 0 bridgehead atoms. The first kappa shape index (κ1) is 22.4. The van der Waals surface area contributed by atoms with Crippen molar-refractivity contribution in [2.24, 2.45) is 0 Å². The average Bonchev–Trinajstić information content (AvgIpc) is 3.29. The van der Waals surface area contributed by atoms with Crippen molar-refractivity contribution in [2.45, 2.75) is 38.3 Å². The van der Waals surface area contributed by atoms with Crippen LogP contribution >= 0.6 is 11.6 Å². The van der Waals surface area contributed by atoms with Crippen LogP contribution in [0.3, 0.4) is 0 Å². The van der Waals surface area contributed by atoms with E-state index < -0.39 is 0 Å². The van der Waals surface area contributed by atoms with Crippen LogP contribution in [0.25, 0.3) is 0 Å². The van der Waals surface area contributed by atoms with E-state index in [1.54, 1.807) is 18.6 Å². The second-order valence-electron chi connectivity index (χ2n) is 8.34. The summed E-state index contributed by atoms with van der Waals surface area (Å²) in [6, 6.07) is 11.8. The Morgan fingerprint density at radius 1 is 1.16 bits per heavy atom. The quantitative estimate of drug-likeness (QED) is 0.513. The molecule has 4 rings (SSSR count). The molecular formula is C25H28ClN5O. The summed E-state index contributed by atoms with van der Waals surface area (Å²) in [5.74, 6) is 0.174. The van der Waals surface area contributed by atoms with E-state index in [9.17, 15) is 4.79 Å². The van der Waals surface area contributed by atoms with Gasteiger partial charge in [-0.15, -0.1) is 0 Å². The lowest BCUT2D eigenvalue weighted by atomic mass is 10.1. The minimum Gasteiger partial charge on any atom is -0.334 e. The van der Waals surface area contributed by atoms with E-state index in [-0.39, 0.29) is 11.9 Å². The van der Waals surface area contributed by atoms with E-state index in [1.807, 2.05) is 48.5 Å². The molecule has 0 unspecified atom stereocenters. The van der Waals surface area contributed by atoms with Crippen LogP contribution in [0.1, 0.15) is 47.8 Å². The summed E-state index contributed by atoms with van der Waals surface area (Å²) in [6.07, 6.45) is 10.3. The average molecular weight is 450 g/mol. The first-order valence-electron chi connectivity index (χ1n) is 11.0. The zero-order valence-corrected chi connectivity index (χ0v) is 19.1. The number of likely N-dealkylation sites (tertiary alicyclic amines) is 1. The Labute approximate surface area is 194 Å². The Balaban J connectivity index is 1.37. The number of carbonyl (C=O) groups excluding carboxylic acids is 1. The van der Waals surface area contributed by atoms with Gasteiger partial charge in [0.05, 0.1) is 23.6 Å². The monoisotopic (exact) mass is 449 g/mol. The highest BCUT2D eigenvalue weighted by molar-refractivity contribution is 6.30. The maximum absolute atomic E-state index is 13.0. The summed E-state index contributed by atoms with van der Waals surface area (Å²) in [4.78, 5) is 30.6. The molecule has 0 radical (unpaired) electrons. The van der Waals surface area contributed by atoms with Gasteiger partial charge >= 0.3 is 0 Å². The van der Waals surface area contributed by atoms with Crippen molar-refractivity contribution < 1.29 is 4.79 Å². The molecule has 1 aliphatic heterocycles. The first-order chi connectivity index (χ1) is 15.6. The van der Waals surface area contributed by atoms with E-state index in [2.05, 4.69) is 20.9 Å². The molecule has 1 saturated heterocycles. The molecule has 1 atom stereocenters. The summed E-state index contributed by atoms with van der Waals surface area (Å²) >= 11 is 6.11. The molecule has 0 spiro atoms. The highest BCUT2D eigenvalue weighted by atomic mass is 35.5. The van der Waals surface area contributed by atoms with E-state index in [4.69, 9.17) is 16.6 Å². The van der Waals surface area contributed by atoms with Crippen molar-refractivity contribution in [1.82, 2.24) is 24.8 Å². The third kappa shape index (κ3) is 5.90. The Morgan fingerprint density at radius 2 is 2.03 bits per heavy atom. The van der Waals surface area contributed by atoms with Crippen molar-refractivity contribution >= 4 is 17.5 Å². The topological polar surface area (TPSA) is 62.2 Å². The lowest BCUT2D eigenvalue weighted by Gasteiger charge is -2.25. The van der Waals surface area contributed by atoms with Crippen molar-refractivity contribution in [1.29, 1.82) is 0 Å². The van der Waals surface area contributed by atoms with Crippen LogP contribution in [0, 0.1) is 0 Å². The number of rotatable bonds is 8. The summed E-state index contributed by atoms with van der Waals surface area (Å²) < 4.78 is 0. The van der Waals surface area contributed by atoms with Crippen LogP contribution in [0.2, 0.25) is 5.02 Å². The zero-order valence-electron chi connectivity index (χ0n) is 18.3. The predicted molar refractivity (Wildman–Crippen MR) is 125 cm³/mol. The minimum atomic E-state index is -0.00191. The van der Waals surface area contributed by atoms with Crippen molar-refractivity contribution in [3.8, 4) is 0 Å². The van der Waals surface area contributed by atoms with Gasteiger partial charge < -0.3 is 9.80 Å². The van der Waals surface area contributed by atoms with Gasteiger partial charge in [-0.05, 0) is 49.2 Å². The van der Waals surface area contributed by atoms with Crippen LogP contribution in [-0.4, -0.2) is 50.8 Å². The number of carbonyl (C=O) groups is 1. The van der Waals surface area contributed by atoms with Gasteiger partial charge in [-0.1, -0.05) is 29.8 Å². The number of benzene rings is 1. The maximum Gasteiger partial charge on any atom is 0.224 e. The van der Waals surface area contributed by atoms with E-state index in [0.29, 0.717) is 24.4 Å². The molecule has 7 heteroatoms. The molecule has 1 aromatic carbocycles. The van der Waals surface area contributed by atoms with E-state index in [1.165, 1.54) is 0 Å². The fourth-order valence-corrected chi connectivity index (χ4v) is 4.42. The fourth-order valence-electron chi connectivity index (χ4n) is 4.21. The van der Waals surface area contributed by atoms with Gasteiger partial charge in [-0.2, -0.15) is 0 Å². The number of pyridine rings is 1. The highest BCUT2D eigenvalue weighted by Gasteiger charge is 2.31. The van der Waals surface area contributed by atoms with Crippen molar-refractivity contribution in [2.75, 3.05) is 20.1 Å². The third-order valence-electron chi connectivity index (χ3n) is 5.77. The number of hydrogen-bond acceptors (Lipinski definition) is 5. The third-order valence-corrected chi connectivity index (χ3v) is 6.01. The molecule has 166 valence electrons. The first-order valence-corrected chi connectivity index (χ1v) is 11.4. The van der Waals surface area contributed by atoms with Crippen LogP contribution in [0.15, 0.2) is 61.2 Å². The van der Waals surface area contributed by atoms with Gasteiger partial charge in [-0.25, -0.2) is 0 Å². The fraction of sp³-hybridized carbons (Fsp3) is 0.360.